The van der Waals surface area contributed by atoms with E-state index in [1.807, 2.05) is 0 Å². The first-order chi connectivity index (χ1) is 15.3. The highest BCUT2D eigenvalue weighted by Gasteiger charge is 2.47. The molecule has 170 valence electrons. The maximum absolute atomic E-state index is 14.5. The number of amides is 1. The first-order valence-corrected chi connectivity index (χ1v) is 10.0. The number of nitrogens with two attached hydrogens (primary N) is 2. The smallest absolute Gasteiger partial charge is 0.269 e. The number of nitrogens with zero attached hydrogens (tertiary/aromatic N) is 3. The standard InChI is InChI=1S/C20H25F2N9O/c1-25-15-6-3-7-20(21,22)16(15)29-19-26-11-14(17(24)32)18(30-19)28-12-4-2-5-13(10-12)31-27-9-8-23/h2,4-5,8-11,15-16,23,25,31H,3,6-7H2,1H3,(H2,24,32)(H2,26,28,29,30)/p+1/b23-8?,27-9-/t15-,16-/m0/s1. The average Bonchev–Trinajstić information content (AvgIpc) is 2.75. The average molecular weight is 446 g/mol. The van der Waals surface area contributed by atoms with Crippen LogP contribution in [0.1, 0.15) is 29.6 Å². The zero-order valence-corrected chi connectivity index (χ0v) is 17.5. The lowest BCUT2D eigenvalue weighted by Crippen LogP contribution is -2.71. The molecular formula is C20H26F2N9O+. The quantitative estimate of drug-likeness (QED) is 0.148. The Morgan fingerprint density at radius 1 is 1.44 bits per heavy atom. The molecule has 1 amide bonds. The monoisotopic (exact) mass is 446 g/mol. The van der Waals surface area contributed by atoms with E-state index >= 15 is 0 Å². The van der Waals surface area contributed by atoms with Gasteiger partial charge in [0.05, 0.1) is 0 Å². The van der Waals surface area contributed by atoms with Gasteiger partial charge in [0.25, 0.3) is 11.8 Å². The van der Waals surface area contributed by atoms with Crippen LogP contribution in [0, 0.1) is 5.41 Å². The molecule has 1 saturated carbocycles. The summed E-state index contributed by atoms with van der Waals surface area (Å²) in [5.74, 6) is -3.64. The molecule has 0 spiro atoms. The van der Waals surface area contributed by atoms with Gasteiger partial charge in [-0.1, -0.05) is 11.2 Å². The van der Waals surface area contributed by atoms with Crippen molar-refractivity contribution >= 4 is 41.5 Å². The Morgan fingerprint density at radius 3 is 2.97 bits per heavy atom. The number of likely N-dealkylation sites (N-methyl/N-ethyl adjacent to an activating group) is 1. The van der Waals surface area contributed by atoms with Crippen molar-refractivity contribution in [3.63, 3.8) is 0 Å². The number of rotatable bonds is 9. The van der Waals surface area contributed by atoms with E-state index < -0.39 is 23.9 Å². The Morgan fingerprint density at radius 2 is 2.25 bits per heavy atom. The van der Waals surface area contributed by atoms with Crippen LogP contribution in [0.15, 0.2) is 35.6 Å². The van der Waals surface area contributed by atoms with Crippen LogP contribution in [0.2, 0.25) is 0 Å². The number of carbonyl (C=O) groups excluding carboxylic acids is 1. The van der Waals surface area contributed by atoms with Crippen LogP contribution in [-0.2, 0) is 0 Å². The Kier molecular flexibility index (Phi) is 7.38. The van der Waals surface area contributed by atoms with Gasteiger partial charge in [-0.15, -0.1) is 0 Å². The second-order valence-corrected chi connectivity index (χ2v) is 7.33. The molecule has 2 aromatic rings. The van der Waals surface area contributed by atoms with Gasteiger partial charge in [-0.05, 0) is 26.0 Å². The molecule has 2 atom stereocenters. The fraction of sp³-hybridized carbons (Fsp3) is 0.350. The van der Waals surface area contributed by atoms with E-state index in [1.165, 1.54) is 12.4 Å². The minimum atomic E-state index is -2.94. The summed E-state index contributed by atoms with van der Waals surface area (Å²) in [4.78, 5) is 20.1. The number of halogens is 2. The van der Waals surface area contributed by atoms with E-state index in [1.54, 1.807) is 36.7 Å². The molecule has 3 rings (SSSR count). The summed E-state index contributed by atoms with van der Waals surface area (Å²) >= 11 is 0. The minimum absolute atomic E-state index is 0.0207. The van der Waals surface area contributed by atoms with Crippen molar-refractivity contribution in [3.05, 3.63) is 36.0 Å². The molecule has 1 fully saturated rings. The highest BCUT2D eigenvalue weighted by molar-refractivity contribution is 6.14. The number of anilines is 3. The number of alkyl halides is 2. The molecule has 1 heterocycles. The Bertz CT molecular complexity index is 999. The van der Waals surface area contributed by atoms with E-state index in [0.717, 1.165) is 11.9 Å². The lowest BCUT2D eigenvalue weighted by molar-refractivity contribution is -0.576. The number of carbonyl (C=O) groups is 1. The third kappa shape index (κ3) is 5.59. The van der Waals surface area contributed by atoms with E-state index in [0.29, 0.717) is 18.5 Å². The maximum Gasteiger partial charge on any atom is 0.269 e. The SMILES string of the molecule is CN[C@H]1CCCC(F)(F)[C@H]1Nc1ncc(C(N)=O)c(Nc2cccc([NH2+]/N=C\C=N)c2)n1. The Balaban J connectivity index is 1.87. The predicted octanol–water partition coefficient (Wildman–Crippen LogP) is 1.34. The number of benzene rings is 1. The predicted molar refractivity (Wildman–Crippen MR) is 118 cm³/mol. The third-order valence-corrected chi connectivity index (χ3v) is 5.13. The van der Waals surface area contributed by atoms with E-state index in [-0.39, 0.29) is 23.8 Å². The van der Waals surface area contributed by atoms with Crippen LogP contribution < -0.4 is 27.1 Å². The van der Waals surface area contributed by atoms with Gasteiger partial charge in [0.2, 0.25) is 5.95 Å². The van der Waals surface area contributed by atoms with Crippen molar-refractivity contribution in [2.45, 2.75) is 37.3 Å². The molecule has 1 aromatic heterocycles. The maximum atomic E-state index is 14.5. The van der Waals surface area contributed by atoms with Crippen LogP contribution in [0.3, 0.4) is 0 Å². The summed E-state index contributed by atoms with van der Waals surface area (Å²) in [5, 5.41) is 19.6. The van der Waals surface area contributed by atoms with Gasteiger partial charge in [-0.2, -0.15) is 10.4 Å². The summed E-state index contributed by atoms with van der Waals surface area (Å²) in [6.07, 6.45) is 4.38. The number of quaternary nitrogens is 1. The molecule has 10 nitrogen and oxygen atoms in total. The molecule has 0 aliphatic heterocycles. The fourth-order valence-corrected chi connectivity index (χ4v) is 3.56. The van der Waals surface area contributed by atoms with Crippen molar-refractivity contribution in [2.75, 3.05) is 17.7 Å². The summed E-state index contributed by atoms with van der Waals surface area (Å²) in [5.41, 5.74) is 8.33. The normalized spacial score (nSPS) is 20.1. The van der Waals surface area contributed by atoms with Crippen molar-refractivity contribution in [1.82, 2.24) is 15.3 Å². The number of hydrogen-bond acceptors (Lipinski definition) is 8. The second-order valence-electron chi connectivity index (χ2n) is 7.33. The first-order valence-electron chi connectivity index (χ1n) is 10.0. The van der Waals surface area contributed by atoms with Gasteiger partial charge in [0.1, 0.15) is 23.6 Å². The molecule has 8 N–H and O–H groups in total. The van der Waals surface area contributed by atoms with Crippen molar-refractivity contribution < 1.29 is 19.0 Å². The van der Waals surface area contributed by atoms with Crippen LogP contribution in [0.25, 0.3) is 0 Å². The lowest BCUT2D eigenvalue weighted by atomic mass is 9.87. The van der Waals surface area contributed by atoms with E-state index in [2.05, 4.69) is 31.0 Å². The van der Waals surface area contributed by atoms with Crippen molar-refractivity contribution in [3.8, 4) is 0 Å². The van der Waals surface area contributed by atoms with Gasteiger partial charge < -0.3 is 27.1 Å². The summed E-state index contributed by atoms with van der Waals surface area (Å²) in [7, 11) is 1.64. The second kappa shape index (κ2) is 10.2. The Hall–Kier alpha value is -3.51. The largest absolute Gasteiger partial charge is 0.365 e. The van der Waals surface area contributed by atoms with Crippen LogP contribution >= 0.6 is 0 Å². The molecule has 1 aliphatic rings. The zero-order valence-electron chi connectivity index (χ0n) is 17.5. The summed E-state index contributed by atoms with van der Waals surface area (Å²) in [6, 6.07) is 5.40. The van der Waals surface area contributed by atoms with Crippen molar-refractivity contribution in [2.24, 2.45) is 10.8 Å². The summed E-state index contributed by atoms with van der Waals surface area (Å²) < 4.78 is 29.1. The number of hydrogen-bond donors (Lipinski definition) is 6. The molecule has 1 aliphatic carbocycles. The number of nitrogens with one attached hydrogen (secondary N) is 4. The molecule has 1 aromatic carbocycles. The van der Waals surface area contributed by atoms with Crippen LogP contribution in [0.5, 0.6) is 0 Å². The topological polar surface area (TPSA) is 158 Å². The van der Waals surface area contributed by atoms with Gasteiger partial charge in [0.15, 0.2) is 5.69 Å². The first kappa shape index (κ1) is 23.2. The zero-order chi connectivity index (χ0) is 23.1. The molecule has 12 heteroatoms. The molecule has 0 bridgehead atoms. The minimum Gasteiger partial charge on any atom is -0.365 e. The van der Waals surface area contributed by atoms with Gasteiger partial charge in [0, 0.05) is 42.7 Å². The van der Waals surface area contributed by atoms with Gasteiger partial charge in [-0.3, -0.25) is 4.79 Å². The van der Waals surface area contributed by atoms with Crippen molar-refractivity contribution in [1.29, 1.82) is 5.41 Å². The highest BCUT2D eigenvalue weighted by atomic mass is 19.3. The van der Waals surface area contributed by atoms with Crippen LogP contribution in [0.4, 0.5) is 31.9 Å². The Labute approximate surface area is 183 Å². The lowest BCUT2D eigenvalue weighted by Gasteiger charge is -2.38. The van der Waals surface area contributed by atoms with Crippen LogP contribution in [-0.4, -0.2) is 53.4 Å². The van der Waals surface area contributed by atoms with E-state index in [9.17, 15) is 13.6 Å². The van der Waals surface area contributed by atoms with Gasteiger partial charge >= 0.3 is 0 Å². The molecule has 0 radical (unpaired) electrons. The van der Waals surface area contributed by atoms with Gasteiger partial charge in [-0.25, -0.2) is 13.8 Å². The third-order valence-electron chi connectivity index (χ3n) is 5.13. The highest BCUT2D eigenvalue weighted by Crippen LogP contribution is 2.35. The summed E-state index contributed by atoms with van der Waals surface area (Å²) in [6.45, 7) is 0. The molecule has 32 heavy (non-hydrogen) atoms. The number of primary amides is 1. The van der Waals surface area contributed by atoms with E-state index in [4.69, 9.17) is 11.1 Å². The molecule has 0 saturated heterocycles. The fourth-order valence-electron chi connectivity index (χ4n) is 3.56. The molecule has 0 unspecified atom stereocenters. The number of aromatic nitrogens is 2. The molecular weight excluding hydrogens is 420 g/mol.